The largest absolute Gasteiger partial charge is 0.870 e. The van der Waals surface area contributed by atoms with E-state index in [1.165, 1.54) is 34.6 Å². The molecule has 0 radical (unpaired) electrons. The van der Waals surface area contributed by atoms with Crippen LogP contribution in [-0.4, -0.2) is 24.1 Å². The fourth-order valence-electron chi connectivity index (χ4n) is 0.862. The molecule has 3 heteroatoms. The van der Waals surface area contributed by atoms with Crippen molar-refractivity contribution in [1.82, 2.24) is 0 Å². The molecule has 0 aliphatic heterocycles. The van der Waals surface area contributed by atoms with Crippen LogP contribution in [0.5, 0.6) is 0 Å². The van der Waals surface area contributed by atoms with E-state index < -0.39 is 18.6 Å². The van der Waals surface area contributed by atoms with Crippen LogP contribution in [0.3, 0.4) is 0 Å². The summed E-state index contributed by atoms with van der Waals surface area (Å²) >= 11 is -1.27. The van der Waals surface area contributed by atoms with Gasteiger partial charge in [0.15, 0.2) is 0 Å². The van der Waals surface area contributed by atoms with E-state index in [1.54, 1.807) is 0 Å². The summed E-state index contributed by atoms with van der Waals surface area (Å²) in [7, 11) is 6.24. The van der Waals surface area contributed by atoms with Crippen LogP contribution in [0.4, 0.5) is 0 Å². The van der Waals surface area contributed by atoms with Gasteiger partial charge in [0.2, 0.25) is 0 Å². The molecule has 0 aromatic rings. The molecular formula is C8H19ClOSn. The summed E-state index contributed by atoms with van der Waals surface area (Å²) in [5.74, 6) is 0. The molecule has 0 bridgehead atoms. The topological polar surface area (TPSA) is 30.0 Å². The Hall–Kier alpha value is 1.05. The van der Waals surface area contributed by atoms with Crippen molar-refractivity contribution >= 4 is 27.6 Å². The minimum Gasteiger partial charge on any atom is -0.870 e. The van der Waals surface area contributed by atoms with Gasteiger partial charge in [-0.2, -0.15) is 0 Å². The van der Waals surface area contributed by atoms with Gasteiger partial charge in [-0.25, -0.2) is 0 Å². The van der Waals surface area contributed by atoms with E-state index in [9.17, 15) is 0 Å². The minimum atomic E-state index is -1.27. The standard InChI is InChI=1S/2C4H9.ClH.H2O.Sn/c2*1-3-4-2;;;/h2*1,3-4H2,2H3;1H;1H2;/q;;;;+2/p-2. The van der Waals surface area contributed by atoms with E-state index >= 15 is 0 Å². The zero-order chi connectivity index (χ0) is 7.82. The zero-order valence-corrected chi connectivity index (χ0v) is 11.2. The number of rotatable bonds is 6. The van der Waals surface area contributed by atoms with Crippen LogP contribution in [0.15, 0.2) is 0 Å². The van der Waals surface area contributed by atoms with E-state index in [-0.39, 0.29) is 5.48 Å². The first kappa shape index (κ1) is 14.6. The van der Waals surface area contributed by atoms with Gasteiger partial charge in [-0.05, 0) is 0 Å². The normalized spacial score (nSPS) is 9.00. The van der Waals surface area contributed by atoms with Crippen LogP contribution < -0.4 is 0 Å². The first-order valence-corrected chi connectivity index (χ1v) is 12.0. The predicted octanol–water partition coefficient (Wildman–Crippen LogP) is 3.64. The van der Waals surface area contributed by atoms with Gasteiger partial charge in [0.05, 0.1) is 0 Å². The SMILES string of the molecule is CCC[CH2][Sn+]([Cl])[CH2]CCC.[OH-]. The molecule has 0 aromatic carbocycles. The Morgan fingerprint density at radius 1 is 1.00 bits per heavy atom. The van der Waals surface area contributed by atoms with Crippen molar-refractivity contribution in [2.45, 2.75) is 48.4 Å². The minimum absolute atomic E-state index is 0. The number of hydrogen-bond acceptors (Lipinski definition) is 1. The monoisotopic (exact) mass is 286 g/mol. The summed E-state index contributed by atoms with van der Waals surface area (Å²) in [6, 6.07) is 0. The second kappa shape index (κ2) is 11.0. The molecule has 0 saturated heterocycles. The van der Waals surface area contributed by atoms with Crippen LogP contribution in [0.2, 0.25) is 8.87 Å². The third-order valence-corrected chi connectivity index (χ3v) is 9.25. The fraction of sp³-hybridized carbons (Fsp3) is 1.00. The molecule has 11 heavy (non-hydrogen) atoms. The molecule has 0 aliphatic carbocycles. The van der Waals surface area contributed by atoms with Gasteiger partial charge in [-0.3, -0.25) is 0 Å². The van der Waals surface area contributed by atoms with Crippen molar-refractivity contribution in [1.29, 1.82) is 0 Å². The van der Waals surface area contributed by atoms with Crippen LogP contribution in [0.1, 0.15) is 39.5 Å². The summed E-state index contributed by atoms with van der Waals surface area (Å²) in [5.41, 5.74) is 0. The van der Waals surface area contributed by atoms with Gasteiger partial charge in [-0.1, -0.05) is 0 Å². The number of hydrogen-bond donors (Lipinski definition) is 0. The smallest absolute Gasteiger partial charge is 0.870 e. The first-order valence-electron chi connectivity index (χ1n) is 4.31. The molecule has 1 N–H and O–H groups in total. The Morgan fingerprint density at radius 3 is 1.64 bits per heavy atom. The van der Waals surface area contributed by atoms with Crippen molar-refractivity contribution in [3.05, 3.63) is 0 Å². The summed E-state index contributed by atoms with van der Waals surface area (Å²) < 4.78 is 2.81. The second-order valence-electron chi connectivity index (χ2n) is 2.72. The Kier molecular flexibility index (Phi) is 14.6. The summed E-state index contributed by atoms with van der Waals surface area (Å²) in [5, 5.41) is 0. The maximum Gasteiger partial charge on any atom is -0.870 e. The summed E-state index contributed by atoms with van der Waals surface area (Å²) in [6.45, 7) is 4.49. The predicted molar refractivity (Wildman–Crippen MR) is 53.0 cm³/mol. The van der Waals surface area contributed by atoms with Crippen molar-refractivity contribution in [2.24, 2.45) is 0 Å². The van der Waals surface area contributed by atoms with E-state index in [4.69, 9.17) is 8.92 Å². The van der Waals surface area contributed by atoms with Crippen molar-refractivity contribution < 1.29 is 5.48 Å². The molecule has 0 atom stereocenters. The zero-order valence-electron chi connectivity index (χ0n) is 7.57. The van der Waals surface area contributed by atoms with Crippen LogP contribution in [-0.2, 0) is 0 Å². The maximum atomic E-state index is 6.24. The Labute approximate surface area is 81.3 Å². The van der Waals surface area contributed by atoms with Crippen LogP contribution >= 0.6 is 8.92 Å². The molecule has 0 aromatic heterocycles. The van der Waals surface area contributed by atoms with E-state index in [1.807, 2.05) is 0 Å². The van der Waals surface area contributed by atoms with Crippen molar-refractivity contribution in [3.63, 3.8) is 0 Å². The second-order valence-corrected chi connectivity index (χ2v) is 12.1. The van der Waals surface area contributed by atoms with E-state index in [0.717, 1.165) is 0 Å². The van der Waals surface area contributed by atoms with Gasteiger partial charge in [-0.15, -0.1) is 0 Å². The summed E-state index contributed by atoms with van der Waals surface area (Å²) in [6.07, 6.45) is 5.40. The molecule has 0 spiro atoms. The van der Waals surface area contributed by atoms with Gasteiger partial charge in [0.25, 0.3) is 0 Å². The van der Waals surface area contributed by atoms with Gasteiger partial charge >= 0.3 is 76.0 Å². The third-order valence-electron chi connectivity index (χ3n) is 1.60. The third kappa shape index (κ3) is 11.0. The maximum absolute atomic E-state index is 6.24. The average Bonchev–Trinajstić information content (AvgIpc) is 1.97. The van der Waals surface area contributed by atoms with Gasteiger partial charge in [0.1, 0.15) is 0 Å². The molecule has 0 heterocycles. The number of halogens is 1. The molecule has 0 aliphatic rings. The van der Waals surface area contributed by atoms with Crippen LogP contribution in [0.25, 0.3) is 0 Å². The number of unbranched alkanes of at least 4 members (excludes halogenated alkanes) is 2. The molecule has 0 amide bonds. The molecule has 0 rings (SSSR count). The molecule has 0 fully saturated rings. The molecule has 1 nitrogen and oxygen atoms in total. The molecular weight excluding hydrogens is 266 g/mol. The Bertz CT molecular complexity index is 63.1. The van der Waals surface area contributed by atoms with E-state index in [0.29, 0.717) is 0 Å². The first-order chi connectivity index (χ1) is 4.81. The van der Waals surface area contributed by atoms with Crippen molar-refractivity contribution in [3.8, 4) is 0 Å². The van der Waals surface area contributed by atoms with E-state index in [2.05, 4.69) is 13.8 Å². The van der Waals surface area contributed by atoms with Gasteiger partial charge in [0, 0.05) is 0 Å². The fourth-order valence-corrected chi connectivity index (χ4v) is 7.58. The van der Waals surface area contributed by atoms with Crippen LogP contribution in [0, 0.1) is 0 Å². The molecule has 0 saturated carbocycles. The summed E-state index contributed by atoms with van der Waals surface area (Å²) in [4.78, 5) is 0. The molecule has 0 unspecified atom stereocenters. The quantitative estimate of drug-likeness (QED) is 0.685. The Morgan fingerprint density at radius 2 is 1.36 bits per heavy atom. The van der Waals surface area contributed by atoms with Gasteiger partial charge < -0.3 is 5.48 Å². The molecule has 68 valence electrons. The average molecular weight is 285 g/mol. The van der Waals surface area contributed by atoms with Crippen molar-refractivity contribution in [2.75, 3.05) is 0 Å². The Balaban J connectivity index is 0.